The second-order valence-corrected chi connectivity index (χ2v) is 7.16. The van der Waals surface area contributed by atoms with Crippen molar-refractivity contribution in [3.05, 3.63) is 48.0 Å². The first-order chi connectivity index (χ1) is 14.6. The molecule has 0 spiro atoms. The van der Waals surface area contributed by atoms with Gasteiger partial charge in [-0.2, -0.15) is 4.98 Å². The Morgan fingerprint density at radius 1 is 1.00 bits per heavy atom. The van der Waals surface area contributed by atoms with E-state index < -0.39 is 0 Å². The third kappa shape index (κ3) is 3.94. The average molecular weight is 407 g/mol. The van der Waals surface area contributed by atoms with Gasteiger partial charge in [-0.3, -0.25) is 4.79 Å². The lowest BCUT2D eigenvalue weighted by atomic mass is 10.1. The fourth-order valence-corrected chi connectivity index (χ4v) is 3.65. The monoisotopic (exact) mass is 407 g/mol. The summed E-state index contributed by atoms with van der Waals surface area (Å²) in [6.07, 6.45) is 0.419. The highest BCUT2D eigenvalue weighted by Crippen LogP contribution is 2.34. The minimum atomic E-state index is 0.136. The molecule has 0 saturated carbocycles. The van der Waals surface area contributed by atoms with E-state index in [0.29, 0.717) is 66.8 Å². The van der Waals surface area contributed by atoms with Crippen LogP contribution in [-0.4, -0.2) is 61.2 Å². The molecule has 4 rings (SSSR count). The number of nitrogen functional groups attached to an aromatic ring is 1. The molecular weight excluding hydrogens is 382 g/mol. The topological polar surface area (TPSA) is 93.8 Å². The minimum absolute atomic E-state index is 0.136. The normalized spacial score (nSPS) is 14.1. The number of rotatable bonds is 5. The molecule has 0 aliphatic carbocycles. The molecule has 2 heterocycles. The predicted molar refractivity (Wildman–Crippen MR) is 116 cm³/mol. The van der Waals surface area contributed by atoms with Crippen LogP contribution in [0.25, 0.3) is 10.9 Å². The van der Waals surface area contributed by atoms with Gasteiger partial charge < -0.3 is 25.0 Å². The van der Waals surface area contributed by atoms with Gasteiger partial charge in [-0.25, -0.2) is 4.98 Å². The maximum absolute atomic E-state index is 12.6. The summed E-state index contributed by atoms with van der Waals surface area (Å²) in [5, 5.41) is 0.716. The van der Waals surface area contributed by atoms with E-state index in [-0.39, 0.29) is 5.91 Å². The Labute approximate surface area is 175 Å². The largest absolute Gasteiger partial charge is 0.493 e. The maximum atomic E-state index is 12.6. The number of anilines is 2. The van der Waals surface area contributed by atoms with Crippen LogP contribution in [0.15, 0.2) is 42.5 Å². The molecule has 8 nitrogen and oxygen atoms in total. The summed E-state index contributed by atoms with van der Waals surface area (Å²) in [4.78, 5) is 25.7. The van der Waals surface area contributed by atoms with Crippen LogP contribution < -0.4 is 20.1 Å². The zero-order valence-electron chi connectivity index (χ0n) is 17.2. The predicted octanol–water partition coefficient (Wildman–Crippen LogP) is 2.12. The van der Waals surface area contributed by atoms with Gasteiger partial charge in [0.1, 0.15) is 5.82 Å². The van der Waals surface area contributed by atoms with Crippen LogP contribution in [0.3, 0.4) is 0 Å². The molecule has 1 saturated heterocycles. The Kier molecular flexibility index (Phi) is 5.56. The first-order valence-electron chi connectivity index (χ1n) is 9.85. The van der Waals surface area contributed by atoms with Gasteiger partial charge in [0.15, 0.2) is 11.5 Å². The van der Waals surface area contributed by atoms with Crippen molar-refractivity contribution in [2.45, 2.75) is 6.42 Å². The van der Waals surface area contributed by atoms with E-state index in [4.69, 9.17) is 15.2 Å². The lowest BCUT2D eigenvalue weighted by Gasteiger charge is -2.35. The molecule has 2 N–H and O–H groups in total. The molecule has 1 aromatic heterocycles. The van der Waals surface area contributed by atoms with Gasteiger partial charge >= 0.3 is 0 Å². The molecule has 3 aromatic rings. The molecule has 1 aliphatic rings. The molecule has 0 bridgehead atoms. The van der Waals surface area contributed by atoms with Gasteiger partial charge in [0.2, 0.25) is 11.9 Å². The molecule has 2 aromatic carbocycles. The molecule has 1 fully saturated rings. The Morgan fingerprint density at radius 2 is 1.67 bits per heavy atom. The molecule has 0 radical (unpaired) electrons. The number of carbonyl (C=O) groups excluding carboxylic acids is 1. The average Bonchev–Trinajstić information content (AvgIpc) is 2.79. The van der Waals surface area contributed by atoms with Crippen LogP contribution in [0.2, 0.25) is 0 Å². The van der Waals surface area contributed by atoms with Gasteiger partial charge in [0, 0.05) is 37.6 Å². The number of amides is 1. The summed E-state index contributed by atoms with van der Waals surface area (Å²) in [5.41, 5.74) is 7.92. The minimum Gasteiger partial charge on any atom is -0.493 e. The molecule has 0 unspecified atom stereocenters. The standard InChI is InChI=1S/C22H25N5O3/c1-29-18-13-16-17(14-19(18)30-2)24-22(25-21(16)23)27-10-8-26(9-11-27)20(28)12-15-6-4-3-5-7-15/h3-7,13-14H,8-12H2,1-2H3,(H2,23,24,25). The van der Waals surface area contributed by atoms with Crippen LogP contribution in [0.1, 0.15) is 5.56 Å². The zero-order valence-corrected chi connectivity index (χ0v) is 17.2. The fraction of sp³-hybridized carbons (Fsp3) is 0.318. The smallest absolute Gasteiger partial charge is 0.228 e. The fourth-order valence-electron chi connectivity index (χ4n) is 3.65. The Hall–Kier alpha value is -3.55. The number of nitrogens with zero attached hydrogens (tertiary/aromatic N) is 4. The number of fused-ring (bicyclic) bond motifs is 1. The Morgan fingerprint density at radius 3 is 2.33 bits per heavy atom. The van der Waals surface area contributed by atoms with Gasteiger partial charge in [-0.1, -0.05) is 30.3 Å². The summed E-state index contributed by atoms with van der Waals surface area (Å²) in [6, 6.07) is 13.4. The molecule has 1 amide bonds. The van der Waals surface area contributed by atoms with Gasteiger partial charge in [-0.05, 0) is 11.6 Å². The SMILES string of the molecule is COc1cc2nc(N3CCN(C(=O)Cc4ccccc4)CC3)nc(N)c2cc1OC. The highest BCUT2D eigenvalue weighted by molar-refractivity contribution is 5.91. The number of hydrogen-bond acceptors (Lipinski definition) is 7. The lowest BCUT2D eigenvalue weighted by molar-refractivity contribution is -0.130. The summed E-state index contributed by atoms with van der Waals surface area (Å²) in [6.45, 7) is 2.55. The number of piperazine rings is 1. The molecule has 1 aliphatic heterocycles. The zero-order chi connectivity index (χ0) is 21.1. The number of nitrogens with two attached hydrogens (primary N) is 1. The first-order valence-corrected chi connectivity index (χ1v) is 9.85. The molecular formula is C22H25N5O3. The third-order valence-corrected chi connectivity index (χ3v) is 5.33. The van der Waals surface area contributed by atoms with Crippen molar-refractivity contribution >= 4 is 28.6 Å². The summed E-state index contributed by atoms with van der Waals surface area (Å²) in [7, 11) is 3.16. The van der Waals surface area contributed by atoms with E-state index in [1.165, 1.54) is 0 Å². The number of carbonyl (C=O) groups is 1. The Balaban J connectivity index is 1.48. The van der Waals surface area contributed by atoms with E-state index in [2.05, 4.69) is 14.9 Å². The maximum Gasteiger partial charge on any atom is 0.228 e. The molecule has 30 heavy (non-hydrogen) atoms. The van der Waals surface area contributed by atoms with E-state index in [1.807, 2.05) is 35.2 Å². The molecule has 156 valence electrons. The summed E-state index contributed by atoms with van der Waals surface area (Å²) in [5.74, 6) is 2.25. The molecule has 0 atom stereocenters. The van der Waals surface area contributed by atoms with Crippen molar-refractivity contribution in [2.24, 2.45) is 0 Å². The third-order valence-electron chi connectivity index (χ3n) is 5.33. The van der Waals surface area contributed by atoms with E-state index in [9.17, 15) is 4.79 Å². The quantitative estimate of drug-likeness (QED) is 0.692. The summed E-state index contributed by atoms with van der Waals surface area (Å²) < 4.78 is 10.7. The van der Waals surface area contributed by atoms with Crippen LogP contribution in [-0.2, 0) is 11.2 Å². The number of aromatic nitrogens is 2. The van der Waals surface area contributed by atoms with Crippen molar-refractivity contribution in [1.29, 1.82) is 0 Å². The highest BCUT2D eigenvalue weighted by atomic mass is 16.5. The number of benzene rings is 2. The second-order valence-electron chi connectivity index (χ2n) is 7.16. The number of methoxy groups -OCH3 is 2. The van der Waals surface area contributed by atoms with Crippen molar-refractivity contribution in [2.75, 3.05) is 51.0 Å². The van der Waals surface area contributed by atoms with Crippen LogP contribution >= 0.6 is 0 Å². The van der Waals surface area contributed by atoms with E-state index in [1.54, 1.807) is 26.4 Å². The number of hydrogen-bond donors (Lipinski definition) is 1. The van der Waals surface area contributed by atoms with E-state index >= 15 is 0 Å². The van der Waals surface area contributed by atoms with Crippen molar-refractivity contribution in [3.63, 3.8) is 0 Å². The second kappa shape index (κ2) is 8.44. The van der Waals surface area contributed by atoms with Crippen LogP contribution in [0, 0.1) is 0 Å². The van der Waals surface area contributed by atoms with Crippen LogP contribution in [0.4, 0.5) is 11.8 Å². The van der Waals surface area contributed by atoms with Gasteiger partial charge in [0.25, 0.3) is 0 Å². The van der Waals surface area contributed by atoms with Gasteiger partial charge in [-0.15, -0.1) is 0 Å². The van der Waals surface area contributed by atoms with E-state index in [0.717, 1.165) is 5.56 Å². The van der Waals surface area contributed by atoms with Crippen molar-refractivity contribution < 1.29 is 14.3 Å². The van der Waals surface area contributed by atoms with Crippen molar-refractivity contribution in [1.82, 2.24) is 14.9 Å². The highest BCUT2D eigenvalue weighted by Gasteiger charge is 2.23. The Bertz CT molecular complexity index is 1050. The number of ether oxygens (including phenoxy) is 2. The lowest BCUT2D eigenvalue weighted by Crippen LogP contribution is -2.49. The first kappa shape index (κ1) is 19.8. The van der Waals surface area contributed by atoms with Crippen molar-refractivity contribution in [3.8, 4) is 11.5 Å². The van der Waals surface area contributed by atoms with Gasteiger partial charge in [0.05, 0.1) is 26.2 Å². The summed E-state index contributed by atoms with van der Waals surface area (Å²) >= 11 is 0. The molecule has 8 heteroatoms. The van der Waals surface area contributed by atoms with Crippen LogP contribution in [0.5, 0.6) is 11.5 Å².